The van der Waals surface area contributed by atoms with Crippen LogP contribution in [0.2, 0.25) is 0 Å². The number of rotatable bonds is 6. The molecule has 0 saturated carbocycles. The number of guanidine groups is 1. The monoisotopic (exact) mass is 339 g/mol. The molecule has 2 heterocycles. The second-order valence-electron chi connectivity index (χ2n) is 6.19. The summed E-state index contributed by atoms with van der Waals surface area (Å²) in [6.45, 7) is 6.59. The Hall–Kier alpha value is -1.11. The molecule has 0 aliphatic carbocycles. The zero-order valence-electron chi connectivity index (χ0n) is 14.6. The highest BCUT2D eigenvalue weighted by atomic mass is 32.1. The molecule has 2 N–H and O–H groups in total. The van der Waals surface area contributed by atoms with Gasteiger partial charge < -0.3 is 20.1 Å². The van der Waals surface area contributed by atoms with Crippen LogP contribution in [0.5, 0.6) is 0 Å². The lowest BCUT2D eigenvalue weighted by atomic mass is 9.94. The molecule has 1 aromatic rings. The summed E-state index contributed by atoms with van der Waals surface area (Å²) in [5, 5.41) is 6.88. The number of ether oxygens (including phenoxy) is 2. The molecular formula is C17H29N3O2S. The van der Waals surface area contributed by atoms with Crippen molar-refractivity contribution in [1.29, 1.82) is 0 Å². The predicted octanol–water partition coefficient (Wildman–Crippen LogP) is 2.35. The van der Waals surface area contributed by atoms with E-state index in [-0.39, 0.29) is 5.60 Å². The SMILES string of the molecule is CN=C(NCC1(OC)CCOCC1)NC(C)Cc1ccc(C)s1. The van der Waals surface area contributed by atoms with Crippen molar-refractivity contribution >= 4 is 17.3 Å². The Bertz CT molecular complexity index is 510. The van der Waals surface area contributed by atoms with Crippen molar-refractivity contribution in [2.45, 2.75) is 44.8 Å². The summed E-state index contributed by atoms with van der Waals surface area (Å²) in [7, 11) is 3.59. The van der Waals surface area contributed by atoms with Gasteiger partial charge in [0.2, 0.25) is 0 Å². The van der Waals surface area contributed by atoms with E-state index in [1.807, 2.05) is 11.3 Å². The first-order valence-corrected chi connectivity index (χ1v) is 9.04. The zero-order valence-corrected chi connectivity index (χ0v) is 15.5. The van der Waals surface area contributed by atoms with Crippen LogP contribution in [0.4, 0.5) is 0 Å². The van der Waals surface area contributed by atoms with Gasteiger partial charge in [-0.15, -0.1) is 11.3 Å². The smallest absolute Gasteiger partial charge is 0.191 e. The van der Waals surface area contributed by atoms with Crippen molar-refractivity contribution in [1.82, 2.24) is 10.6 Å². The third-order valence-corrected chi connectivity index (χ3v) is 5.35. The fourth-order valence-electron chi connectivity index (χ4n) is 2.82. The number of nitrogens with zero attached hydrogens (tertiary/aromatic N) is 1. The maximum absolute atomic E-state index is 5.75. The van der Waals surface area contributed by atoms with E-state index in [1.54, 1.807) is 14.2 Å². The first kappa shape index (κ1) is 18.2. The van der Waals surface area contributed by atoms with Gasteiger partial charge in [-0.25, -0.2) is 0 Å². The molecule has 0 bridgehead atoms. The summed E-state index contributed by atoms with van der Waals surface area (Å²) >= 11 is 1.86. The van der Waals surface area contributed by atoms with E-state index in [0.29, 0.717) is 6.04 Å². The number of hydrogen-bond donors (Lipinski definition) is 2. The van der Waals surface area contributed by atoms with Crippen molar-refractivity contribution in [2.75, 3.05) is 33.9 Å². The molecule has 1 aliphatic rings. The molecule has 6 heteroatoms. The van der Waals surface area contributed by atoms with Crippen LogP contribution in [0.3, 0.4) is 0 Å². The summed E-state index contributed by atoms with van der Waals surface area (Å²) in [6.07, 6.45) is 2.83. The van der Waals surface area contributed by atoms with Crippen LogP contribution < -0.4 is 10.6 Å². The van der Waals surface area contributed by atoms with E-state index < -0.39 is 0 Å². The summed E-state index contributed by atoms with van der Waals surface area (Å²) in [6, 6.07) is 4.70. The standard InChI is InChI=1S/C17H29N3O2S/c1-13(11-15-6-5-14(2)23-15)20-16(18-3)19-12-17(21-4)7-9-22-10-8-17/h5-6,13H,7-12H2,1-4H3,(H2,18,19,20). The van der Waals surface area contributed by atoms with E-state index >= 15 is 0 Å². The Balaban J connectivity index is 1.82. The summed E-state index contributed by atoms with van der Waals surface area (Å²) in [5.74, 6) is 0.827. The molecule has 1 fully saturated rings. The molecule has 0 aromatic carbocycles. The van der Waals surface area contributed by atoms with Crippen molar-refractivity contribution < 1.29 is 9.47 Å². The second-order valence-corrected chi connectivity index (χ2v) is 7.56. The molecular weight excluding hydrogens is 310 g/mol. The number of methoxy groups -OCH3 is 1. The van der Waals surface area contributed by atoms with Crippen LogP contribution in [0.15, 0.2) is 17.1 Å². The average Bonchev–Trinajstić information content (AvgIpc) is 2.97. The summed E-state index contributed by atoms with van der Waals surface area (Å²) in [4.78, 5) is 7.09. The normalized spacial score (nSPS) is 19.4. The van der Waals surface area contributed by atoms with Gasteiger partial charge in [-0.2, -0.15) is 0 Å². The molecule has 5 nitrogen and oxygen atoms in total. The molecule has 0 radical (unpaired) electrons. The zero-order chi connectivity index (χ0) is 16.7. The Labute approximate surface area is 143 Å². The maximum Gasteiger partial charge on any atom is 0.191 e. The minimum atomic E-state index is -0.149. The largest absolute Gasteiger partial charge is 0.381 e. The van der Waals surface area contributed by atoms with E-state index in [0.717, 1.165) is 45.0 Å². The molecule has 130 valence electrons. The summed E-state index contributed by atoms with van der Waals surface area (Å²) in [5.41, 5.74) is -0.149. The lowest BCUT2D eigenvalue weighted by molar-refractivity contribution is -0.0855. The van der Waals surface area contributed by atoms with Crippen LogP contribution in [-0.4, -0.2) is 51.5 Å². The van der Waals surface area contributed by atoms with Gasteiger partial charge in [0.05, 0.1) is 5.60 Å². The number of hydrogen-bond acceptors (Lipinski definition) is 4. The van der Waals surface area contributed by atoms with E-state index in [1.165, 1.54) is 9.75 Å². The lowest BCUT2D eigenvalue weighted by Crippen LogP contribution is -2.52. The quantitative estimate of drug-likeness (QED) is 0.617. The van der Waals surface area contributed by atoms with Crippen molar-refractivity contribution in [3.05, 3.63) is 21.9 Å². The third-order valence-electron chi connectivity index (χ3n) is 4.33. The minimum Gasteiger partial charge on any atom is -0.381 e. The van der Waals surface area contributed by atoms with Gasteiger partial charge in [0, 0.05) is 69.0 Å². The molecule has 23 heavy (non-hydrogen) atoms. The number of thiophene rings is 1. The highest BCUT2D eigenvalue weighted by Crippen LogP contribution is 2.23. The van der Waals surface area contributed by atoms with Gasteiger partial charge in [0.25, 0.3) is 0 Å². The fraction of sp³-hybridized carbons (Fsp3) is 0.706. The average molecular weight is 340 g/mol. The molecule has 1 saturated heterocycles. The topological polar surface area (TPSA) is 54.9 Å². The number of nitrogens with one attached hydrogen (secondary N) is 2. The third kappa shape index (κ3) is 5.48. The van der Waals surface area contributed by atoms with Crippen molar-refractivity contribution in [3.8, 4) is 0 Å². The predicted molar refractivity (Wildman–Crippen MR) is 96.5 cm³/mol. The van der Waals surface area contributed by atoms with E-state index in [9.17, 15) is 0 Å². The Morgan fingerprint density at radius 1 is 1.43 bits per heavy atom. The second kappa shape index (κ2) is 8.66. The molecule has 1 aromatic heterocycles. The minimum absolute atomic E-state index is 0.149. The maximum atomic E-state index is 5.75. The van der Waals surface area contributed by atoms with Gasteiger partial charge >= 0.3 is 0 Å². The summed E-state index contributed by atoms with van der Waals surface area (Å²) < 4.78 is 11.2. The fourth-order valence-corrected chi connectivity index (χ4v) is 3.84. The Morgan fingerprint density at radius 3 is 2.74 bits per heavy atom. The molecule has 2 rings (SSSR count). The van der Waals surface area contributed by atoms with Crippen LogP contribution in [-0.2, 0) is 15.9 Å². The van der Waals surface area contributed by atoms with Crippen molar-refractivity contribution in [3.63, 3.8) is 0 Å². The first-order chi connectivity index (χ1) is 11.1. The number of aryl methyl sites for hydroxylation is 1. The van der Waals surface area contributed by atoms with Gasteiger partial charge in [-0.3, -0.25) is 4.99 Å². The van der Waals surface area contributed by atoms with E-state index in [4.69, 9.17) is 9.47 Å². The van der Waals surface area contributed by atoms with Crippen molar-refractivity contribution in [2.24, 2.45) is 4.99 Å². The van der Waals surface area contributed by atoms with Crippen LogP contribution in [0.25, 0.3) is 0 Å². The molecule has 0 amide bonds. The first-order valence-electron chi connectivity index (χ1n) is 8.22. The van der Waals surface area contributed by atoms with Gasteiger partial charge in [0.15, 0.2) is 5.96 Å². The van der Waals surface area contributed by atoms with Crippen LogP contribution in [0, 0.1) is 6.92 Å². The van der Waals surface area contributed by atoms with Gasteiger partial charge in [-0.05, 0) is 26.0 Å². The molecule has 1 aliphatic heterocycles. The van der Waals surface area contributed by atoms with Crippen LogP contribution in [0.1, 0.15) is 29.5 Å². The molecule has 1 unspecified atom stereocenters. The lowest BCUT2D eigenvalue weighted by Gasteiger charge is -2.36. The van der Waals surface area contributed by atoms with E-state index in [2.05, 4.69) is 41.6 Å². The van der Waals surface area contributed by atoms with Gasteiger partial charge in [0.1, 0.15) is 0 Å². The molecule has 0 spiro atoms. The Morgan fingerprint density at radius 2 is 2.17 bits per heavy atom. The molecule has 1 atom stereocenters. The van der Waals surface area contributed by atoms with Gasteiger partial charge in [-0.1, -0.05) is 0 Å². The highest BCUT2D eigenvalue weighted by Gasteiger charge is 2.32. The van der Waals surface area contributed by atoms with Crippen LogP contribution >= 0.6 is 11.3 Å². The Kier molecular flexibility index (Phi) is 6.87. The highest BCUT2D eigenvalue weighted by molar-refractivity contribution is 7.11. The number of aliphatic imine (C=N–C) groups is 1.